The van der Waals surface area contributed by atoms with Crippen LogP contribution in [0.4, 0.5) is 0 Å². The summed E-state index contributed by atoms with van der Waals surface area (Å²) in [6, 6.07) is 7.07. The fourth-order valence-corrected chi connectivity index (χ4v) is 1.91. The van der Waals surface area contributed by atoms with E-state index in [1.807, 2.05) is 12.1 Å². The van der Waals surface area contributed by atoms with Crippen LogP contribution in [0.15, 0.2) is 24.3 Å². The molecule has 0 aromatic heterocycles. The molecule has 0 radical (unpaired) electrons. The Balaban J connectivity index is 2.16. The van der Waals surface area contributed by atoms with Gasteiger partial charge in [-0.3, -0.25) is 0 Å². The third-order valence-corrected chi connectivity index (χ3v) is 2.77. The summed E-state index contributed by atoms with van der Waals surface area (Å²) in [5.74, 6) is 0.427. The molecule has 2 unspecified atom stereocenters. The van der Waals surface area contributed by atoms with Gasteiger partial charge < -0.3 is 15.5 Å². The van der Waals surface area contributed by atoms with Gasteiger partial charge in [-0.1, -0.05) is 12.1 Å². The van der Waals surface area contributed by atoms with Gasteiger partial charge in [0.15, 0.2) is 0 Å². The molecule has 76 valence electrons. The number of phenols is 1. The number of hydrogen-bond acceptors (Lipinski definition) is 3. The Kier molecular flexibility index (Phi) is 2.70. The molecule has 1 aromatic rings. The highest BCUT2D eigenvalue weighted by Crippen LogP contribution is 2.24. The van der Waals surface area contributed by atoms with Gasteiger partial charge in [-0.2, -0.15) is 0 Å². The van der Waals surface area contributed by atoms with Crippen molar-refractivity contribution in [3.63, 3.8) is 0 Å². The lowest BCUT2D eigenvalue weighted by atomic mass is 9.89. The second-order valence-corrected chi connectivity index (χ2v) is 3.76. The SMILES string of the molecule is Oc1ccc(C2CNCCC2O)cc1. The third-order valence-electron chi connectivity index (χ3n) is 2.77. The lowest BCUT2D eigenvalue weighted by Crippen LogP contribution is -2.38. The molecule has 1 aromatic carbocycles. The van der Waals surface area contributed by atoms with E-state index in [-0.39, 0.29) is 17.8 Å². The quantitative estimate of drug-likeness (QED) is 0.619. The van der Waals surface area contributed by atoms with Crippen LogP contribution < -0.4 is 5.32 Å². The normalized spacial score (nSPS) is 27.5. The molecule has 3 nitrogen and oxygen atoms in total. The van der Waals surface area contributed by atoms with Crippen LogP contribution >= 0.6 is 0 Å². The molecule has 3 heteroatoms. The lowest BCUT2D eigenvalue weighted by Gasteiger charge is -2.28. The summed E-state index contributed by atoms with van der Waals surface area (Å²) in [5.41, 5.74) is 1.09. The minimum atomic E-state index is -0.263. The summed E-state index contributed by atoms with van der Waals surface area (Å²) < 4.78 is 0. The van der Waals surface area contributed by atoms with Crippen molar-refractivity contribution in [2.24, 2.45) is 0 Å². The minimum Gasteiger partial charge on any atom is -0.508 e. The van der Waals surface area contributed by atoms with Crippen LogP contribution in [0.2, 0.25) is 0 Å². The average molecular weight is 193 g/mol. The Morgan fingerprint density at radius 2 is 1.93 bits per heavy atom. The van der Waals surface area contributed by atoms with E-state index in [0.717, 1.165) is 25.1 Å². The molecular weight excluding hydrogens is 178 g/mol. The Bertz CT molecular complexity index is 297. The van der Waals surface area contributed by atoms with Crippen LogP contribution in [0.5, 0.6) is 5.75 Å². The number of piperidine rings is 1. The highest BCUT2D eigenvalue weighted by Gasteiger charge is 2.23. The summed E-state index contributed by atoms with van der Waals surface area (Å²) in [7, 11) is 0. The van der Waals surface area contributed by atoms with E-state index >= 15 is 0 Å². The van der Waals surface area contributed by atoms with Crippen LogP contribution in [-0.4, -0.2) is 29.4 Å². The van der Waals surface area contributed by atoms with Crippen LogP contribution in [0.1, 0.15) is 17.9 Å². The Morgan fingerprint density at radius 1 is 1.21 bits per heavy atom. The maximum absolute atomic E-state index is 9.79. The summed E-state index contributed by atoms with van der Waals surface area (Å²) in [5, 5.41) is 22.2. The van der Waals surface area contributed by atoms with Crippen molar-refractivity contribution < 1.29 is 10.2 Å². The first-order valence-corrected chi connectivity index (χ1v) is 4.95. The van der Waals surface area contributed by atoms with Gasteiger partial charge in [-0.15, -0.1) is 0 Å². The van der Waals surface area contributed by atoms with Crippen LogP contribution in [0, 0.1) is 0 Å². The third kappa shape index (κ3) is 1.89. The lowest BCUT2D eigenvalue weighted by molar-refractivity contribution is 0.114. The van der Waals surface area contributed by atoms with Crippen molar-refractivity contribution in [1.82, 2.24) is 5.32 Å². The molecule has 0 spiro atoms. The first kappa shape index (κ1) is 9.49. The summed E-state index contributed by atoms with van der Waals surface area (Å²) in [4.78, 5) is 0. The van der Waals surface area contributed by atoms with Crippen molar-refractivity contribution in [1.29, 1.82) is 0 Å². The second-order valence-electron chi connectivity index (χ2n) is 3.76. The number of phenolic OH excluding ortho intramolecular Hbond substituents is 1. The minimum absolute atomic E-state index is 0.157. The van der Waals surface area contributed by atoms with E-state index in [1.54, 1.807) is 12.1 Å². The van der Waals surface area contributed by atoms with E-state index in [1.165, 1.54) is 0 Å². The predicted octanol–water partition coefficient (Wildman–Crippen LogP) is 0.830. The van der Waals surface area contributed by atoms with Crippen molar-refractivity contribution >= 4 is 0 Å². The summed E-state index contributed by atoms with van der Waals surface area (Å²) in [6.07, 6.45) is 0.534. The van der Waals surface area contributed by atoms with Crippen LogP contribution in [0.25, 0.3) is 0 Å². The molecule has 0 saturated carbocycles. The molecule has 2 rings (SSSR count). The Hall–Kier alpha value is -1.06. The summed E-state index contributed by atoms with van der Waals surface area (Å²) >= 11 is 0. The van der Waals surface area contributed by atoms with Gasteiger partial charge >= 0.3 is 0 Å². The zero-order chi connectivity index (χ0) is 9.97. The average Bonchev–Trinajstić information content (AvgIpc) is 2.20. The predicted molar refractivity (Wildman–Crippen MR) is 54.3 cm³/mol. The van der Waals surface area contributed by atoms with Crippen LogP contribution in [0.3, 0.4) is 0 Å². The maximum atomic E-state index is 9.79. The van der Waals surface area contributed by atoms with Gasteiger partial charge in [0, 0.05) is 12.5 Å². The van der Waals surface area contributed by atoms with Crippen molar-refractivity contribution in [3.8, 4) is 5.75 Å². The highest BCUT2D eigenvalue weighted by atomic mass is 16.3. The second kappa shape index (κ2) is 3.98. The number of benzene rings is 1. The Labute approximate surface area is 83.4 Å². The topological polar surface area (TPSA) is 52.5 Å². The smallest absolute Gasteiger partial charge is 0.115 e. The fraction of sp³-hybridized carbons (Fsp3) is 0.455. The van der Waals surface area contributed by atoms with E-state index in [4.69, 9.17) is 5.11 Å². The molecule has 1 aliphatic rings. The number of rotatable bonds is 1. The monoisotopic (exact) mass is 193 g/mol. The maximum Gasteiger partial charge on any atom is 0.115 e. The molecule has 2 atom stereocenters. The fourth-order valence-electron chi connectivity index (χ4n) is 1.91. The van der Waals surface area contributed by atoms with Crippen molar-refractivity contribution in [3.05, 3.63) is 29.8 Å². The van der Waals surface area contributed by atoms with Gasteiger partial charge in [0.05, 0.1) is 6.10 Å². The van der Waals surface area contributed by atoms with Gasteiger partial charge in [0.2, 0.25) is 0 Å². The number of aliphatic hydroxyl groups is 1. The van der Waals surface area contributed by atoms with Gasteiger partial charge in [0.1, 0.15) is 5.75 Å². The molecule has 1 heterocycles. The molecule has 1 saturated heterocycles. The van der Waals surface area contributed by atoms with Crippen molar-refractivity contribution in [2.75, 3.05) is 13.1 Å². The first-order chi connectivity index (χ1) is 6.77. The molecule has 14 heavy (non-hydrogen) atoms. The number of hydrogen-bond donors (Lipinski definition) is 3. The molecular formula is C11H15NO2. The number of nitrogens with one attached hydrogen (secondary N) is 1. The first-order valence-electron chi connectivity index (χ1n) is 4.95. The highest BCUT2D eigenvalue weighted by molar-refractivity contribution is 5.29. The standard InChI is InChI=1S/C11H15NO2/c13-9-3-1-8(2-4-9)10-7-12-6-5-11(10)14/h1-4,10-14H,5-7H2. The largest absolute Gasteiger partial charge is 0.508 e. The molecule has 3 N–H and O–H groups in total. The van der Waals surface area contributed by atoms with Gasteiger partial charge in [0.25, 0.3) is 0 Å². The van der Waals surface area contributed by atoms with Crippen LogP contribution in [-0.2, 0) is 0 Å². The summed E-state index contributed by atoms with van der Waals surface area (Å²) in [6.45, 7) is 1.70. The molecule has 0 aliphatic carbocycles. The van der Waals surface area contributed by atoms with E-state index in [2.05, 4.69) is 5.32 Å². The Morgan fingerprint density at radius 3 is 2.57 bits per heavy atom. The van der Waals surface area contributed by atoms with E-state index in [0.29, 0.717) is 0 Å². The molecule has 0 bridgehead atoms. The van der Waals surface area contributed by atoms with Gasteiger partial charge in [-0.25, -0.2) is 0 Å². The molecule has 0 amide bonds. The number of aromatic hydroxyl groups is 1. The van der Waals surface area contributed by atoms with E-state index < -0.39 is 0 Å². The zero-order valence-electron chi connectivity index (χ0n) is 7.98. The number of aliphatic hydroxyl groups excluding tert-OH is 1. The van der Waals surface area contributed by atoms with E-state index in [9.17, 15) is 5.11 Å². The van der Waals surface area contributed by atoms with Crippen molar-refractivity contribution in [2.45, 2.75) is 18.4 Å². The van der Waals surface area contributed by atoms with Gasteiger partial charge in [-0.05, 0) is 30.7 Å². The molecule has 1 aliphatic heterocycles. The molecule has 1 fully saturated rings. The zero-order valence-corrected chi connectivity index (χ0v) is 7.98.